The van der Waals surface area contributed by atoms with Gasteiger partial charge in [0, 0.05) is 11.6 Å². The number of amides is 1. The minimum Gasteiger partial charge on any atom is -0.315 e. The van der Waals surface area contributed by atoms with E-state index in [1.165, 1.54) is 11.3 Å². The molecule has 10 heteroatoms. The van der Waals surface area contributed by atoms with Gasteiger partial charge in [0.25, 0.3) is 5.91 Å². The van der Waals surface area contributed by atoms with Gasteiger partial charge in [-0.2, -0.15) is 4.98 Å². The zero-order valence-corrected chi connectivity index (χ0v) is 13.4. The van der Waals surface area contributed by atoms with Crippen LogP contribution >= 0.6 is 33.9 Å². The van der Waals surface area contributed by atoms with Crippen molar-refractivity contribution in [3.8, 4) is 0 Å². The van der Waals surface area contributed by atoms with Gasteiger partial charge in [-0.05, 0) is 28.7 Å². The average molecular weight is 413 g/mol. The molecule has 0 radical (unpaired) electrons. The van der Waals surface area contributed by atoms with Crippen LogP contribution in [0.1, 0.15) is 16.2 Å². The number of carbonyl (C=O) groups is 1. The number of nitrogens with one attached hydrogen (secondary N) is 1. The highest BCUT2D eigenvalue weighted by molar-refractivity contribution is 14.1. The molecule has 0 unspecified atom stereocenters. The molecule has 0 aliphatic rings. The number of rotatable bonds is 4. The van der Waals surface area contributed by atoms with Crippen LogP contribution in [0.15, 0.2) is 16.0 Å². The summed E-state index contributed by atoms with van der Waals surface area (Å²) in [6.07, 6.45) is 1.06. The maximum atomic E-state index is 11.8. The minimum absolute atomic E-state index is 0.0118. The average Bonchev–Trinajstić information content (AvgIpc) is 2.85. The Hall–Kier alpha value is -1.01. The van der Waals surface area contributed by atoms with Crippen LogP contribution in [0.2, 0.25) is 0 Å². The van der Waals surface area contributed by atoms with Crippen LogP contribution in [-0.2, 0) is 15.6 Å². The maximum absolute atomic E-state index is 11.8. The van der Waals surface area contributed by atoms with Gasteiger partial charge >= 0.3 is 6.01 Å². The van der Waals surface area contributed by atoms with Crippen molar-refractivity contribution in [3.05, 3.63) is 25.7 Å². The Balaban J connectivity index is 2.06. The third kappa shape index (κ3) is 4.24. The van der Waals surface area contributed by atoms with Crippen molar-refractivity contribution >= 4 is 55.7 Å². The van der Waals surface area contributed by atoms with Crippen LogP contribution < -0.4 is 5.32 Å². The lowest BCUT2D eigenvalue weighted by Gasteiger charge is -1.95. The highest BCUT2D eigenvalue weighted by atomic mass is 127. The molecule has 2 heterocycles. The van der Waals surface area contributed by atoms with Crippen LogP contribution in [0.3, 0.4) is 0 Å². The Morgan fingerprint density at radius 2 is 2.32 bits per heavy atom. The van der Waals surface area contributed by atoms with E-state index in [0.29, 0.717) is 5.56 Å². The maximum Gasteiger partial charge on any atom is 0.328 e. The second-order valence-electron chi connectivity index (χ2n) is 3.68. The molecule has 1 amide bonds. The Labute approximate surface area is 126 Å². The lowest BCUT2D eigenvalue weighted by atomic mass is 10.3. The number of aromatic nitrogens is 2. The summed E-state index contributed by atoms with van der Waals surface area (Å²) >= 11 is 3.54. The summed E-state index contributed by atoms with van der Waals surface area (Å²) in [5.41, 5.74) is 0.484. The molecular formula is C9H8IN3O4S2. The molecule has 0 aromatic carbocycles. The number of sulfone groups is 1. The van der Waals surface area contributed by atoms with E-state index < -0.39 is 9.84 Å². The SMILES string of the molecule is CS(=O)(=O)Cc1noc(NC(=O)c2csc(I)c2)n1. The van der Waals surface area contributed by atoms with Crippen molar-refractivity contribution in [2.75, 3.05) is 11.6 Å². The van der Waals surface area contributed by atoms with E-state index in [4.69, 9.17) is 4.52 Å². The lowest BCUT2D eigenvalue weighted by molar-refractivity contribution is 0.102. The van der Waals surface area contributed by atoms with E-state index in [1.54, 1.807) is 11.4 Å². The number of hydrogen-bond donors (Lipinski definition) is 1. The van der Waals surface area contributed by atoms with Gasteiger partial charge < -0.3 is 4.52 Å². The van der Waals surface area contributed by atoms with E-state index >= 15 is 0 Å². The molecule has 102 valence electrons. The number of carbonyl (C=O) groups excluding carboxylic acids is 1. The Morgan fingerprint density at radius 1 is 1.58 bits per heavy atom. The summed E-state index contributed by atoms with van der Waals surface area (Å²) in [6.45, 7) is 0. The fourth-order valence-corrected chi connectivity index (χ4v) is 3.11. The van der Waals surface area contributed by atoms with Crippen molar-refractivity contribution in [3.63, 3.8) is 0 Å². The first kappa shape index (κ1) is 14.4. The number of nitrogens with zero attached hydrogens (tertiary/aromatic N) is 2. The van der Waals surface area contributed by atoms with Crippen molar-refractivity contribution in [1.29, 1.82) is 0 Å². The highest BCUT2D eigenvalue weighted by Crippen LogP contribution is 2.17. The topological polar surface area (TPSA) is 102 Å². The Morgan fingerprint density at radius 3 is 2.89 bits per heavy atom. The van der Waals surface area contributed by atoms with E-state index in [-0.39, 0.29) is 23.5 Å². The third-order valence-electron chi connectivity index (χ3n) is 1.91. The fourth-order valence-electron chi connectivity index (χ4n) is 1.20. The first-order chi connectivity index (χ1) is 8.83. The summed E-state index contributed by atoms with van der Waals surface area (Å²) < 4.78 is 27.8. The molecular weight excluding hydrogens is 405 g/mol. The van der Waals surface area contributed by atoms with Crippen molar-refractivity contribution in [2.24, 2.45) is 0 Å². The normalized spacial score (nSPS) is 11.5. The molecule has 0 atom stereocenters. The van der Waals surface area contributed by atoms with E-state index in [9.17, 15) is 13.2 Å². The molecule has 0 aliphatic heterocycles. The molecule has 2 aromatic rings. The molecule has 0 saturated carbocycles. The Bertz CT molecular complexity index is 707. The van der Waals surface area contributed by atoms with Gasteiger partial charge in [0.1, 0.15) is 5.75 Å². The number of anilines is 1. The number of thiophene rings is 1. The smallest absolute Gasteiger partial charge is 0.315 e. The predicted octanol–water partition coefficient (Wildman–Crippen LogP) is 1.53. The molecule has 0 aliphatic carbocycles. The lowest BCUT2D eigenvalue weighted by Crippen LogP contribution is -2.11. The largest absolute Gasteiger partial charge is 0.328 e. The molecule has 2 aromatic heterocycles. The number of hydrogen-bond acceptors (Lipinski definition) is 7. The monoisotopic (exact) mass is 413 g/mol. The van der Waals surface area contributed by atoms with E-state index in [1.807, 2.05) is 0 Å². The van der Waals surface area contributed by atoms with Gasteiger partial charge in [0.05, 0.1) is 8.45 Å². The first-order valence-corrected chi connectivity index (χ1v) is 8.91. The zero-order chi connectivity index (χ0) is 14.0. The van der Waals surface area contributed by atoms with Gasteiger partial charge in [-0.3, -0.25) is 10.1 Å². The highest BCUT2D eigenvalue weighted by Gasteiger charge is 2.15. The van der Waals surface area contributed by atoms with Crippen molar-refractivity contribution < 1.29 is 17.7 Å². The molecule has 7 nitrogen and oxygen atoms in total. The minimum atomic E-state index is -3.24. The standard InChI is InChI=1S/C9H8IN3O4S2/c1-19(15,16)4-7-11-9(17-13-7)12-8(14)5-2-6(10)18-3-5/h2-3H,4H2,1H3,(H,11,12,13,14). The van der Waals surface area contributed by atoms with Crippen LogP contribution in [0.4, 0.5) is 6.01 Å². The van der Waals surface area contributed by atoms with Crippen molar-refractivity contribution in [1.82, 2.24) is 10.1 Å². The van der Waals surface area contributed by atoms with Gasteiger partial charge in [-0.1, -0.05) is 5.16 Å². The summed E-state index contributed by atoms with van der Waals surface area (Å²) in [4.78, 5) is 15.5. The van der Waals surface area contributed by atoms with Gasteiger partial charge in [-0.25, -0.2) is 8.42 Å². The molecule has 1 N–H and O–H groups in total. The third-order valence-corrected chi connectivity index (χ3v) is 4.48. The van der Waals surface area contributed by atoms with Crippen LogP contribution in [-0.4, -0.2) is 30.7 Å². The van der Waals surface area contributed by atoms with Crippen LogP contribution in [0, 0.1) is 2.88 Å². The summed E-state index contributed by atoms with van der Waals surface area (Å²) in [5.74, 6) is -0.700. The summed E-state index contributed by atoms with van der Waals surface area (Å²) in [6, 6.07) is 1.60. The summed E-state index contributed by atoms with van der Waals surface area (Å²) in [7, 11) is -3.24. The van der Waals surface area contributed by atoms with E-state index in [2.05, 4.69) is 38.0 Å². The molecule has 2 rings (SSSR count). The second kappa shape index (κ2) is 5.54. The van der Waals surface area contributed by atoms with Gasteiger partial charge in [0.15, 0.2) is 15.7 Å². The molecule has 0 saturated heterocycles. The van der Waals surface area contributed by atoms with Crippen LogP contribution in [0.5, 0.6) is 0 Å². The molecule has 0 fully saturated rings. The number of halogens is 1. The first-order valence-electron chi connectivity index (χ1n) is 4.89. The van der Waals surface area contributed by atoms with Crippen molar-refractivity contribution in [2.45, 2.75) is 5.75 Å². The quantitative estimate of drug-likeness (QED) is 0.763. The predicted molar refractivity (Wildman–Crippen MR) is 77.8 cm³/mol. The van der Waals surface area contributed by atoms with Gasteiger partial charge in [0.2, 0.25) is 0 Å². The van der Waals surface area contributed by atoms with Gasteiger partial charge in [-0.15, -0.1) is 11.3 Å². The van der Waals surface area contributed by atoms with Crippen LogP contribution in [0.25, 0.3) is 0 Å². The molecule has 0 spiro atoms. The molecule has 0 bridgehead atoms. The second-order valence-corrected chi connectivity index (χ2v) is 8.63. The van der Waals surface area contributed by atoms with E-state index in [0.717, 1.165) is 9.14 Å². The molecule has 19 heavy (non-hydrogen) atoms. The Kier molecular flexibility index (Phi) is 4.20. The zero-order valence-electron chi connectivity index (χ0n) is 9.58. The fraction of sp³-hybridized carbons (Fsp3) is 0.222. The summed E-state index contributed by atoms with van der Waals surface area (Å²) in [5, 5.41) is 7.58.